The number of amides is 1. The van der Waals surface area contributed by atoms with Crippen molar-refractivity contribution >= 4 is 32.8 Å². The molecule has 4 rings (SSSR count). The first-order valence-electron chi connectivity index (χ1n) is 10.1. The Morgan fingerprint density at radius 3 is 2.58 bits per heavy atom. The number of fused-ring (bicyclic) bond motifs is 1. The molecular weight excluding hydrogens is 462 g/mol. The Hall–Kier alpha value is -3.30. The molecule has 2 heterocycles. The number of methoxy groups -OCH3 is 2. The molecule has 0 spiro atoms. The van der Waals surface area contributed by atoms with Gasteiger partial charge in [0.1, 0.15) is 17.3 Å². The lowest BCUT2D eigenvalue weighted by Crippen LogP contribution is -2.24. The zero-order valence-electron chi connectivity index (χ0n) is 18.2. The van der Waals surface area contributed by atoms with Crippen molar-refractivity contribution in [2.45, 2.75) is 22.1 Å². The molecule has 3 aromatic rings. The summed E-state index contributed by atoms with van der Waals surface area (Å²) in [6.45, 7) is 3.95. The molecule has 1 aliphatic heterocycles. The maximum absolute atomic E-state index is 13.4. The second-order valence-corrected chi connectivity index (χ2v) is 10.1. The van der Waals surface area contributed by atoms with E-state index < -0.39 is 9.84 Å². The van der Waals surface area contributed by atoms with Crippen LogP contribution in [0.1, 0.15) is 22.8 Å². The first-order chi connectivity index (χ1) is 15.9. The summed E-state index contributed by atoms with van der Waals surface area (Å²) < 4.78 is 43.2. The van der Waals surface area contributed by atoms with Gasteiger partial charge in [0, 0.05) is 28.2 Å². The number of hydrogen-bond acceptors (Lipinski definition) is 7. The summed E-state index contributed by atoms with van der Waals surface area (Å²) in [5.74, 6) is 0.950. The largest absolute Gasteiger partial charge is 0.497 e. The fourth-order valence-electron chi connectivity index (χ4n) is 3.80. The summed E-state index contributed by atoms with van der Waals surface area (Å²) in [6, 6.07) is 11.6. The maximum Gasteiger partial charge on any atom is 0.225 e. The van der Waals surface area contributed by atoms with Crippen molar-refractivity contribution in [3.05, 3.63) is 70.9 Å². The normalized spacial score (nSPS) is 15.3. The van der Waals surface area contributed by atoms with Gasteiger partial charge in [0.2, 0.25) is 15.7 Å². The third kappa shape index (κ3) is 4.21. The van der Waals surface area contributed by atoms with Crippen molar-refractivity contribution in [2.24, 2.45) is 0 Å². The van der Waals surface area contributed by atoms with E-state index in [2.05, 4.69) is 11.9 Å². The number of sulfone groups is 1. The van der Waals surface area contributed by atoms with Gasteiger partial charge in [-0.3, -0.25) is 4.79 Å². The van der Waals surface area contributed by atoms with E-state index in [1.54, 1.807) is 36.8 Å². The maximum atomic E-state index is 13.4. The minimum atomic E-state index is -3.86. The Morgan fingerprint density at radius 1 is 1.15 bits per heavy atom. The second-order valence-electron chi connectivity index (χ2n) is 7.30. The Kier molecular flexibility index (Phi) is 6.44. The van der Waals surface area contributed by atoms with Crippen LogP contribution < -0.4 is 19.5 Å². The van der Waals surface area contributed by atoms with Crippen molar-refractivity contribution in [1.29, 1.82) is 0 Å². The number of rotatable bonds is 8. The van der Waals surface area contributed by atoms with E-state index in [1.807, 2.05) is 12.1 Å². The van der Waals surface area contributed by atoms with Gasteiger partial charge >= 0.3 is 0 Å². The Labute approximate surface area is 196 Å². The van der Waals surface area contributed by atoms with Crippen LogP contribution in [-0.4, -0.2) is 35.2 Å². The number of anilines is 1. The predicted molar refractivity (Wildman–Crippen MR) is 127 cm³/mol. The van der Waals surface area contributed by atoms with Crippen LogP contribution in [0.4, 0.5) is 5.69 Å². The average Bonchev–Trinajstić information content (AvgIpc) is 3.26. The molecule has 0 fully saturated rings. The molecule has 0 radical (unpaired) electrons. The third-order valence-corrected chi connectivity index (χ3v) is 8.40. The standard InChI is InChI=1S/C24H23NO6S2/c1-4-12-31-23-17(6-5-7-19(23)30-3)18-13-21(26)25-22-20(14-32-24(18)22)33(27,28)16-10-8-15(29-2)9-11-16/h4-11,14,18H,1,12-13H2,2-3H3,(H,25,26)/t18-/m0/s1. The summed E-state index contributed by atoms with van der Waals surface area (Å²) in [5.41, 5.74) is 1.07. The van der Waals surface area contributed by atoms with Crippen molar-refractivity contribution in [1.82, 2.24) is 0 Å². The van der Waals surface area contributed by atoms with Crippen LogP contribution in [0.25, 0.3) is 0 Å². The molecule has 33 heavy (non-hydrogen) atoms. The van der Waals surface area contributed by atoms with Crippen LogP contribution >= 0.6 is 11.3 Å². The molecule has 0 saturated heterocycles. The minimum absolute atomic E-state index is 0.0715. The first kappa shape index (κ1) is 22.9. The lowest BCUT2D eigenvalue weighted by atomic mass is 9.89. The number of ether oxygens (including phenoxy) is 3. The molecule has 9 heteroatoms. The van der Waals surface area contributed by atoms with Gasteiger partial charge in [-0.25, -0.2) is 8.42 Å². The summed E-state index contributed by atoms with van der Waals surface area (Å²) in [5, 5.41) is 4.35. The molecule has 172 valence electrons. The lowest BCUT2D eigenvalue weighted by molar-refractivity contribution is -0.116. The molecule has 1 aromatic heterocycles. The van der Waals surface area contributed by atoms with Crippen LogP contribution in [0.5, 0.6) is 17.2 Å². The highest BCUT2D eigenvalue weighted by molar-refractivity contribution is 7.91. The second kappa shape index (κ2) is 9.29. The van der Waals surface area contributed by atoms with E-state index in [0.29, 0.717) is 22.9 Å². The summed E-state index contributed by atoms with van der Waals surface area (Å²) in [7, 11) is -0.798. The molecule has 0 bridgehead atoms. The smallest absolute Gasteiger partial charge is 0.225 e. The Morgan fingerprint density at radius 2 is 1.91 bits per heavy atom. The van der Waals surface area contributed by atoms with Gasteiger partial charge in [0.25, 0.3) is 0 Å². The van der Waals surface area contributed by atoms with Gasteiger partial charge < -0.3 is 19.5 Å². The van der Waals surface area contributed by atoms with Gasteiger partial charge in [-0.1, -0.05) is 24.8 Å². The molecule has 2 aromatic carbocycles. The van der Waals surface area contributed by atoms with Crippen molar-refractivity contribution in [3.8, 4) is 17.2 Å². The fraction of sp³-hybridized carbons (Fsp3) is 0.208. The topological polar surface area (TPSA) is 90.9 Å². The van der Waals surface area contributed by atoms with Gasteiger partial charge in [0.15, 0.2) is 11.5 Å². The third-order valence-electron chi connectivity index (χ3n) is 5.37. The zero-order valence-corrected chi connectivity index (χ0v) is 19.8. The van der Waals surface area contributed by atoms with Crippen molar-refractivity contribution < 1.29 is 27.4 Å². The summed E-state index contributed by atoms with van der Waals surface area (Å²) >= 11 is 1.30. The number of para-hydroxylation sites is 1. The van der Waals surface area contributed by atoms with E-state index >= 15 is 0 Å². The predicted octanol–water partition coefficient (Wildman–Crippen LogP) is 4.64. The molecule has 1 aliphatic rings. The highest BCUT2D eigenvalue weighted by Gasteiger charge is 2.36. The van der Waals surface area contributed by atoms with Gasteiger partial charge in [-0.05, 0) is 30.3 Å². The molecule has 1 amide bonds. The molecule has 1 atom stereocenters. The average molecular weight is 486 g/mol. The molecule has 7 nitrogen and oxygen atoms in total. The first-order valence-corrected chi connectivity index (χ1v) is 12.5. The molecule has 0 saturated carbocycles. The molecule has 0 aliphatic carbocycles. The van der Waals surface area contributed by atoms with E-state index in [4.69, 9.17) is 14.2 Å². The van der Waals surface area contributed by atoms with Crippen LogP contribution in [-0.2, 0) is 14.6 Å². The van der Waals surface area contributed by atoms with Crippen molar-refractivity contribution in [2.75, 3.05) is 26.1 Å². The van der Waals surface area contributed by atoms with E-state index in [9.17, 15) is 13.2 Å². The van der Waals surface area contributed by atoms with E-state index in [0.717, 1.165) is 10.4 Å². The molecule has 0 unspecified atom stereocenters. The fourth-order valence-corrected chi connectivity index (χ4v) is 6.70. The number of benzene rings is 2. The van der Waals surface area contributed by atoms with Crippen LogP contribution in [0.2, 0.25) is 0 Å². The number of nitrogens with one attached hydrogen (secondary N) is 1. The van der Waals surface area contributed by atoms with Gasteiger partial charge in [-0.2, -0.15) is 0 Å². The quantitative estimate of drug-likeness (QED) is 0.468. The highest BCUT2D eigenvalue weighted by atomic mass is 32.2. The van der Waals surface area contributed by atoms with E-state index in [1.165, 1.54) is 30.6 Å². The van der Waals surface area contributed by atoms with Crippen molar-refractivity contribution in [3.63, 3.8) is 0 Å². The van der Waals surface area contributed by atoms with Gasteiger partial charge in [0.05, 0.1) is 24.8 Å². The van der Waals surface area contributed by atoms with E-state index in [-0.39, 0.29) is 34.6 Å². The zero-order chi connectivity index (χ0) is 23.6. The SMILES string of the molecule is C=CCOc1c(OC)cccc1[C@@H]1CC(=O)Nc2c(S(=O)(=O)c3ccc(OC)cc3)csc21. The van der Waals surface area contributed by atoms with Crippen LogP contribution in [0.3, 0.4) is 0 Å². The monoisotopic (exact) mass is 485 g/mol. The number of carbonyl (C=O) groups excluding carboxylic acids is 1. The summed E-state index contributed by atoms with van der Waals surface area (Å²) in [4.78, 5) is 13.6. The van der Waals surface area contributed by atoms with Gasteiger partial charge in [-0.15, -0.1) is 11.3 Å². The molecule has 1 N–H and O–H groups in total. The number of thiophene rings is 1. The highest BCUT2D eigenvalue weighted by Crippen LogP contribution is 2.49. The number of hydrogen-bond donors (Lipinski definition) is 1. The van der Waals surface area contributed by atoms with Crippen LogP contribution in [0, 0.1) is 0 Å². The Bertz CT molecular complexity index is 1290. The Balaban J connectivity index is 1.81. The lowest BCUT2D eigenvalue weighted by Gasteiger charge is -2.26. The number of carbonyl (C=O) groups is 1. The molecular formula is C24H23NO6S2. The minimum Gasteiger partial charge on any atom is -0.497 e. The van der Waals surface area contributed by atoms with Crippen LogP contribution in [0.15, 0.2) is 70.3 Å². The summed E-state index contributed by atoms with van der Waals surface area (Å²) in [6.07, 6.45) is 1.78.